The fourth-order valence-electron chi connectivity index (χ4n) is 2.15. The Bertz CT molecular complexity index is 383. The lowest BCUT2D eigenvalue weighted by Crippen LogP contribution is -2.04. The monoisotopic (exact) mass is 234 g/mol. The van der Waals surface area contributed by atoms with Crippen LogP contribution < -0.4 is 4.74 Å². The molecule has 0 aromatic heterocycles. The second-order valence-corrected chi connectivity index (χ2v) is 4.51. The highest BCUT2D eigenvalue weighted by molar-refractivity contribution is 5.75. The number of methoxy groups -OCH3 is 2. The minimum Gasteiger partial charge on any atom is -0.497 e. The van der Waals surface area contributed by atoms with Gasteiger partial charge < -0.3 is 9.47 Å². The first-order valence-electron chi connectivity index (χ1n) is 5.95. The lowest BCUT2D eigenvalue weighted by atomic mass is 10.1. The van der Waals surface area contributed by atoms with Gasteiger partial charge in [0.05, 0.1) is 20.1 Å². The Labute approximate surface area is 102 Å². The molecule has 1 saturated carbocycles. The van der Waals surface area contributed by atoms with Gasteiger partial charge in [0.1, 0.15) is 5.75 Å². The zero-order valence-corrected chi connectivity index (χ0v) is 10.3. The number of esters is 1. The van der Waals surface area contributed by atoms with Crippen molar-refractivity contribution in [2.75, 3.05) is 14.2 Å². The number of carbonyl (C=O) groups is 1. The van der Waals surface area contributed by atoms with Gasteiger partial charge in [-0.05, 0) is 42.9 Å². The van der Waals surface area contributed by atoms with Crippen molar-refractivity contribution in [1.29, 1.82) is 0 Å². The van der Waals surface area contributed by atoms with Crippen molar-refractivity contribution >= 4 is 5.97 Å². The standard InChI is InChI=1S/C14H18O3/c1-16-12-7-4-10(5-8-12)3-6-11-9-13(11)14(15)17-2/h4-5,7-8,11,13H,3,6,9H2,1-2H3. The Morgan fingerprint density at radius 3 is 2.59 bits per heavy atom. The molecule has 2 atom stereocenters. The van der Waals surface area contributed by atoms with E-state index in [4.69, 9.17) is 9.47 Å². The number of hydrogen-bond acceptors (Lipinski definition) is 3. The number of benzene rings is 1. The molecule has 0 N–H and O–H groups in total. The summed E-state index contributed by atoms with van der Waals surface area (Å²) in [5.41, 5.74) is 1.29. The summed E-state index contributed by atoms with van der Waals surface area (Å²) in [4.78, 5) is 11.2. The normalized spacial score (nSPS) is 22.0. The number of hydrogen-bond donors (Lipinski definition) is 0. The molecule has 2 rings (SSSR count). The molecule has 2 unspecified atom stereocenters. The quantitative estimate of drug-likeness (QED) is 0.734. The van der Waals surface area contributed by atoms with E-state index < -0.39 is 0 Å². The second kappa shape index (κ2) is 5.21. The van der Waals surface area contributed by atoms with Gasteiger partial charge in [0.2, 0.25) is 0 Å². The average molecular weight is 234 g/mol. The van der Waals surface area contributed by atoms with Crippen molar-refractivity contribution in [1.82, 2.24) is 0 Å². The first-order valence-corrected chi connectivity index (χ1v) is 5.95. The van der Waals surface area contributed by atoms with Gasteiger partial charge in [-0.3, -0.25) is 4.79 Å². The first kappa shape index (κ1) is 12.0. The molecule has 17 heavy (non-hydrogen) atoms. The summed E-state index contributed by atoms with van der Waals surface area (Å²) in [6, 6.07) is 8.10. The lowest BCUT2D eigenvalue weighted by Gasteiger charge is -2.03. The molecule has 1 fully saturated rings. The molecule has 0 spiro atoms. The molecule has 0 heterocycles. The van der Waals surface area contributed by atoms with Gasteiger partial charge in [0.15, 0.2) is 0 Å². The van der Waals surface area contributed by atoms with Crippen LogP contribution in [0.25, 0.3) is 0 Å². The van der Waals surface area contributed by atoms with Crippen molar-refractivity contribution in [2.24, 2.45) is 11.8 Å². The molecule has 92 valence electrons. The number of rotatable bonds is 5. The van der Waals surface area contributed by atoms with Crippen LogP contribution in [0.4, 0.5) is 0 Å². The summed E-state index contributed by atoms with van der Waals surface area (Å²) in [5.74, 6) is 1.50. The Hall–Kier alpha value is -1.51. The Kier molecular flexibility index (Phi) is 3.67. The molecular weight excluding hydrogens is 216 g/mol. The molecule has 0 aliphatic heterocycles. The maximum absolute atomic E-state index is 11.2. The third kappa shape index (κ3) is 2.99. The smallest absolute Gasteiger partial charge is 0.308 e. The number of carbonyl (C=O) groups excluding carboxylic acids is 1. The number of ether oxygens (including phenoxy) is 2. The largest absolute Gasteiger partial charge is 0.497 e. The van der Waals surface area contributed by atoms with Gasteiger partial charge in [0, 0.05) is 0 Å². The Balaban J connectivity index is 1.77. The highest BCUT2D eigenvalue weighted by atomic mass is 16.5. The summed E-state index contributed by atoms with van der Waals surface area (Å²) in [5, 5.41) is 0. The summed E-state index contributed by atoms with van der Waals surface area (Å²) in [6.07, 6.45) is 3.07. The van der Waals surface area contributed by atoms with Crippen molar-refractivity contribution in [3.05, 3.63) is 29.8 Å². The topological polar surface area (TPSA) is 35.5 Å². The van der Waals surface area contributed by atoms with Crippen LogP contribution in [0, 0.1) is 11.8 Å². The third-order valence-electron chi connectivity index (χ3n) is 3.39. The fourth-order valence-corrected chi connectivity index (χ4v) is 2.15. The molecule has 0 bridgehead atoms. The van der Waals surface area contributed by atoms with Crippen LogP contribution in [0.3, 0.4) is 0 Å². The van der Waals surface area contributed by atoms with E-state index in [0.717, 1.165) is 25.0 Å². The minimum atomic E-state index is -0.0512. The van der Waals surface area contributed by atoms with Gasteiger partial charge in [0.25, 0.3) is 0 Å². The van der Waals surface area contributed by atoms with Gasteiger partial charge in [-0.1, -0.05) is 12.1 Å². The lowest BCUT2D eigenvalue weighted by molar-refractivity contribution is -0.142. The minimum absolute atomic E-state index is 0.0512. The Morgan fingerprint density at radius 2 is 2.00 bits per heavy atom. The van der Waals surface area contributed by atoms with Crippen LogP contribution in [0.5, 0.6) is 5.75 Å². The van der Waals surface area contributed by atoms with Crippen LogP contribution in [0.15, 0.2) is 24.3 Å². The van der Waals surface area contributed by atoms with Crippen LogP contribution in [0.1, 0.15) is 18.4 Å². The van der Waals surface area contributed by atoms with E-state index >= 15 is 0 Å². The van der Waals surface area contributed by atoms with E-state index in [-0.39, 0.29) is 11.9 Å². The van der Waals surface area contributed by atoms with E-state index in [0.29, 0.717) is 5.92 Å². The van der Waals surface area contributed by atoms with E-state index in [1.807, 2.05) is 12.1 Å². The highest BCUT2D eigenvalue weighted by Gasteiger charge is 2.43. The molecule has 0 radical (unpaired) electrons. The van der Waals surface area contributed by atoms with Crippen LogP contribution in [-0.2, 0) is 16.0 Å². The van der Waals surface area contributed by atoms with E-state index in [1.165, 1.54) is 12.7 Å². The van der Waals surface area contributed by atoms with Gasteiger partial charge in [-0.15, -0.1) is 0 Å². The summed E-state index contributed by atoms with van der Waals surface area (Å²) in [7, 11) is 3.13. The highest BCUT2D eigenvalue weighted by Crippen LogP contribution is 2.42. The third-order valence-corrected chi connectivity index (χ3v) is 3.39. The zero-order valence-electron chi connectivity index (χ0n) is 10.3. The van der Waals surface area contributed by atoms with Crippen molar-refractivity contribution in [2.45, 2.75) is 19.3 Å². The fraction of sp³-hybridized carbons (Fsp3) is 0.500. The molecule has 1 aliphatic rings. The number of aryl methyl sites for hydroxylation is 1. The maximum Gasteiger partial charge on any atom is 0.308 e. The predicted molar refractivity (Wildman–Crippen MR) is 64.9 cm³/mol. The molecule has 0 saturated heterocycles. The maximum atomic E-state index is 11.2. The summed E-state index contributed by atoms with van der Waals surface area (Å²) >= 11 is 0. The summed E-state index contributed by atoms with van der Waals surface area (Å²) in [6.45, 7) is 0. The van der Waals surface area contributed by atoms with Crippen molar-refractivity contribution in [3.8, 4) is 5.75 Å². The van der Waals surface area contributed by atoms with Gasteiger partial charge in [-0.25, -0.2) is 0 Å². The molecule has 3 heteroatoms. The van der Waals surface area contributed by atoms with E-state index in [1.54, 1.807) is 7.11 Å². The predicted octanol–water partition coefficient (Wildman–Crippen LogP) is 2.44. The molecule has 0 amide bonds. The zero-order chi connectivity index (χ0) is 12.3. The first-order chi connectivity index (χ1) is 8.24. The van der Waals surface area contributed by atoms with E-state index in [2.05, 4.69) is 12.1 Å². The average Bonchev–Trinajstić information content (AvgIpc) is 3.15. The molecule has 1 aromatic rings. The molecule has 1 aromatic carbocycles. The van der Waals surface area contributed by atoms with Crippen molar-refractivity contribution < 1.29 is 14.3 Å². The van der Waals surface area contributed by atoms with Crippen LogP contribution in [0.2, 0.25) is 0 Å². The van der Waals surface area contributed by atoms with Gasteiger partial charge in [-0.2, -0.15) is 0 Å². The van der Waals surface area contributed by atoms with Crippen LogP contribution in [-0.4, -0.2) is 20.2 Å². The van der Waals surface area contributed by atoms with Gasteiger partial charge >= 0.3 is 5.97 Å². The van der Waals surface area contributed by atoms with E-state index in [9.17, 15) is 4.79 Å². The second-order valence-electron chi connectivity index (χ2n) is 4.51. The molecular formula is C14H18O3. The summed E-state index contributed by atoms with van der Waals surface area (Å²) < 4.78 is 9.84. The molecule has 1 aliphatic carbocycles. The SMILES string of the molecule is COC(=O)C1CC1CCc1ccc(OC)cc1. The van der Waals surface area contributed by atoms with Crippen molar-refractivity contribution in [3.63, 3.8) is 0 Å². The molecule has 3 nitrogen and oxygen atoms in total. The van der Waals surface area contributed by atoms with Crippen LogP contribution >= 0.6 is 0 Å². The Morgan fingerprint density at radius 1 is 1.29 bits per heavy atom.